The monoisotopic (exact) mass is 398 g/mol. The third-order valence-corrected chi connectivity index (χ3v) is 3.84. The predicted molar refractivity (Wildman–Crippen MR) is 101 cm³/mol. The molecule has 0 aromatic heterocycles. The number of aliphatic carboxylic acids is 1. The van der Waals surface area contributed by atoms with Gasteiger partial charge >= 0.3 is 17.9 Å². The summed E-state index contributed by atoms with van der Waals surface area (Å²) < 4.78 is 9.96. The summed E-state index contributed by atoms with van der Waals surface area (Å²) in [5.74, 6) is -2.31. The first kappa shape index (κ1) is 25.4. The highest BCUT2D eigenvalue weighted by Crippen LogP contribution is 2.10. The molecule has 8 nitrogen and oxygen atoms in total. The van der Waals surface area contributed by atoms with Crippen molar-refractivity contribution in [2.75, 3.05) is 13.2 Å². The van der Waals surface area contributed by atoms with E-state index in [2.05, 4.69) is 23.8 Å². The Balaban J connectivity index is 3.41. The number of rotatable bonds is 17. The molecule has 0 saturated carbocycles. The summed E-state index contributed by atoms with van der Waals surface area (Å²) in [6.45, 7) is 7.17. The van der Waals surface area contributed by atoms with Crippen molar-refractivity contribution in [1.29, 1.82) is 0 Å². The van der Waals surface area contributed by atoms with Crippen molar-refractivity contribution >= 4 is 17.9 Å². The van der Waals surface area contributed by atoms with E-state index in [4.69, 9.17) is 19.8 Å². The first-order chi connectivity index (χ1) is 13.4. The van der Waals surface area contributed by atoms with Crippen LogP contribution < -0.4 is 0 Å². The van der Waals surface area contributed by atoms with Crippen molar-refractivity contribution in [3.8, 4) is 0 Å². The third kappa shape index (κ3) is 14.6. The van der Waals surface area contributed by atoms with E-state index in [1.54, 1.807) is 0 Å². The zero-order valence-electron chi connectivity index (χ0n) is 16.2. The number of carboxylic acids is 1. The molecular formula is C20H30O8. The van der Waals surface area contributed by atoms with Gasteiger partial charge in [0.1, 0.15) is 6.42 Å². The molecule has 0 aliphatic carbocycles. The maximum absolute atomic E-state index is 11.4. The SMILES string of the molecule is C=C=C(CC(=O)OCCCCCCCCCCOC(=O)CC(=C)C(=O)O)OO. The molecule has 0 saturated heterocycles. The third-order valence-electron chi connectivity index (χ3n) is 3.84. The first-order valence-electron chi connectivity index (χ1n) is 9.33. The molecule has 0 aliphatic rings. The first-order valence-corrected chi connectivity index (χ1v) is 9.33. The topological polar surface area (TPSA) is 119 Å². The smallest absolute Gasteiger partial charge is 0.331 e. The largest absolute Gasteiger partial charge is 0.478 e. The molecule has 0 heterocycles. The van der Waals surface area contributed by atoms with Gasteiger partial charge in [0.25, 0.3) is 0 Å². The molecular weight excluding hydrogens is 368 g/mol. The molecule has 0 amide bonds. The van der Waals surface area contributed by atoms with Crippen molar-refractivity contribution < 1.29 is 39.1 Å². The fourth-order valence-electron chi connectivity index (χ4n) is 2.25. The van der Waals surface area contributed by atoms with Crippen LogP contribution >= 0.6 is 0 Å². The molecule has 0 radical (unpaired) electrons. The molecule has 158 valence electrons. The number of hydrogen-bond acceptors (Lipinski definition) is 7. The van der Waals surface area contributed by atoms with Crippen LogP contribution in [0.5, 0.6) is 0 Å². The summed E-state index contributed by atoms with van der Waals surface area (Å²) in [6.07, 6.45) is 7.17. The molecule has 28 heavy (non-hydrogen) atoms. The lowest BCUT2D eigenvalue weighted by Gasteiger charge is -2.06. The van der Waals surface area contributed by atoms with Gasteiger partial charge in [0, 0.05) is 5.57 Å². The Bertz CT molecular complexity index is 561. The van der Waals surface area contributed by atoms with Crippen LogP contribution in [0, 0.1) is 0 Å². The van der Waals surface area contributed by atoms with Crippen LogP contribution in [0.15, 0.2) is 30.2 Å². The summed E-state index contributed by atoms with van der Waals surface area (Å²) >= 11 is 0. The zero-order valence-corrected chi connectivity index (χ0v) is 16.2. The molecule has 0 bridgehead atoms. The van der Waals surface area contributed by atoms with E-state index in [1.165, 1.54) is 0 Å². The summed E-state index contributed by atoms with van der Waals surface area (Å²) in [5.41, 5.74) is 2.12. The Hall–Kier alpha value is -2.57. The average molecular weight is 398 g/mol. The molecule has 2 N–H and O–H groups in total. The molecule has 0 spiro atoms. The van der Waals surface area contributed by atoms with Gasteiger partial charge in [-0.1, -0.05) is 57.4 Å². The van der Waals surface area contributed by atoms with Gasteiger partial charge in [-0.25, -0.2) is 10.1 Å². The van der Waals surface area contributed by atoms with Gasteiger partial charge in [0.15, 0.2) is 5.76 Å². The number of carbonyl (C=O) groups excluding carboxylic acids is 2. The van der Waals surface area contributed by atoms with Crippen molar-refractivity contribution in [2.24, 2.45) is 0 Å². The molecule has 0 fully saturated rings. The Kier molecular flexibility index (Phi) is 15.1. The van der Waals surface area contributed by atoms with Crippen LogP contribution in [0.25, 0.3) is 0 Å². The summed E-state index contributed by atoms with van der Waals surface area (Å²) in [4.78, 5) is 37.2. The number of hydrogen-bond donors (Lipinski definition) is 2. The average Bonchev–Trinajstić information content (AvgIpc) is 2.66. The number of ether oxygens (including phenoxy) is 2. The maximum Gasteiger partial charge on any atom is 0.331 e. The normalized spacial score (nSPS) is 9.89. The highest BCUT2D eigenvalue weighted by atomic mass is 17.1. The van der Waals surface area contributed by atoms with Gasteiger partial charge < -0.3 is 19.5 Å². The fourth-order valence-corrected chi connectivity index (χ4v) is 2.25. The molecule has 0 aliphatic heterocycles. The predicted octanol–water partition coefficient (Wildman–Crippen LogP) is 3.77. The minimum Gasteiger partial charge on any atom is -0.478 e. The van der Waals surface area contributed by atoms with Crippen molar-refractivity contribution in [3.05, 3.63) is 30.2 Å². The Labute approximate surface area is 165 Å². The minimum absolute atomic E-state index is 0.0644. The Morgan fingerprint density at radius 3 is 1.61 bits per heavy atom. The van der Waals surface area contributed by atoms with Crippen LogP contribution in [0.1, 0.15) is 64.2 Å². The van der Waals surface area contributed by atoms with Crippen LogP contribution in [0.3, 0.4) is 0 Å². The number of esters is 2. The second kappa shape index (κ2) is 16.6. The van der Waals surface area contributed by atoms with Crippen LogP contribution in [-0.2, 0) is 28.7 Å². The van der Waals surface area contributed by atoms with Crippen LogP contribution in [-0.4, -0.2) is 41.5 Å². The van der Waals surface area contributed by atoms with Crippen molar-refractivity contribution in [2.45, 2.75) is 64.2 Å². The van der Waals surface area contributed by atoms with E-state index in [0.29, 0.717) is 13.2 Å². The lowest BCUT2D eigenvalue weighted by molar-refractivity contribution is -0.207. The van der Waals surface area contributed by atoms with E-state index in [-0.39, 0.29) is 24.2 Å². The summed E-state index contributed by atoms with van der Waals surface area (Å²) in [5, 5.41) is 17.0. The molecule has 0 aromatic rings. The molecule has 8 heteroatoms. The van der Waals surface area contributed by atoms with E-state index in [1.807, 2.05) is 0 Å². The lowest BCUT2D eigenvalue weighted by Crippen LogP contribution is -2.10. The van der Waals surface area contributed by atoms with Gasteiger partial charge in [-0.15, -0.1) is 0 Å². The van der Waals surface area contributed by atoms with E-state index < -0.39 is 17.9 Å². The quantitative estimate of drug-likeness (QED) is 0.0723. The molecule has 0 atom stereocenters. The van der Waals surface area contributed by atoms with Crippen LogP contribution in [0.4, 0.5) is 0 Å². The molecule has 0 aromatic carbocycles. The van der Waals surface area contributed by atoms with Gasteiger partial charge in [-0.2, -0.15) is 0 Å². The summed E-state index contributed by atoms with van der Waals surface area (Å²) in [6, 6.07) is 0. The fraction of sp³-hybridized carbons (Fsp3) is 0.600. The van der Waals surface area contributed by atoms with Crippen molar-refractivity contribution in [3.63, 3.8) is 0 Å². The van der Waals surface area contributed by atoms with E-state index in [9.17, 15) is 14.4 Å². The number of carboxylic acid groups (broad SMARTS) is 1. The van der Waals surface area contributed by atoms with E-state index >= 15 is 0 Å². The van der Waals surface area contributed by atoms with Gasteiger partial charge in [0.05, 0.1) is 19.6 Å². The van der Waals surface area contributed by atoms with Gasteiger partial charge in [0.2, 0.25) is 0 Å². The highest BCUT2D eigenvalue weighted by molar-refractivity contribution is 5.91. The highest BCUT2D eigenvalue weighted by Gasteiger charge is 2.11. The lowest BCUT2D eigenvalue weighted by atomic mass is 10.1. The Morgan fingerprint density at radius 1 is 0.786 bits per heavy atom. The number of unbranched alkanes of at least 4 members (excludes halogenated alkanes) is 7. The summed E-state index contributed by atoms with van der Waals surface area (Å²) in [7, 11) is 0. The minimum atomic E-state index is -1.19. The molecule has 0 unspecified atom stereocenters. The number of carbonyl (C=O) groups is 3. The van der Waals surface area contributed by atoms with Gasteiger partial charge in [-0.3, -0.25) is 9.59 Å². The zero-order chi connectivity index (χ0) is 21.2. The second-order valence-electron chi connectivity index (χ2n) is 6.22. The second-order valence-corrected chi connectivity index (χ2v) is 6.22. The van der Waals surface area contributed by atoms with Gasteiger partial charge in [-0.05, 0) is 12.8 Å². The standard InChI is InChI=1S/C20H30O8/c1-3-17(28-25)15-19(22)27-13-11-9-7-5-4-6-8-10-12-26-18(21)14-16(2)20(23)24/h25H,1-2,4-15H2,(H,23,24). The Morgan fingerprint density at radius 2 is 1.21 bits per heavy atom. The molecule has 0 rings (SSSR count). The maximum atomic E-state index is 11.4. The van der Waals surface area contributed by atoms with Crippen molar-refractivity contribution in [1.82, 2.24) is 0 Å². The van der Waals surface area contributed by atoms with Crippen LogP contribution in [0.2, 0.25) is 0 Å². The van der Waals surface area contributed by atoms with E-state index in [0.717, 1.165) is 51.4 Å².